The molecule has 1 heterocycles. The molecule has 0 bridgehead atoms. The van der Waals surface area contributed by atoms with Gasteiger partial charge in [0.25, 0.3) is 0 Å². The van der Waals surface area contributed by atoms with Gasteiger partial charge in [-0.05, 0) is 12.1 Å². The molecule has 1 aliphatic rings. The highest BCUT2D eigenvalue weighted by Gasteiger charge is 2.21. The summed E-state index contributed by atoms with van der Waals surface area (Å²) >= 11 is 5.57. The van der Waals surface area contributed by atoms with Crippen LogP contribution in [0.3, 0.4) is 0 Å². The van der Waals surface area contributed by atoms with E-state index in [1.165, 1.54) is 0 Å². The second-order valence-electron chi connectivity index (χ2n) is 4.30. The van der Waals surface area contributed by atoms with Crippen LogP contribution in [-0.4, -0.2) is 48.0 Å². The molecule has 1 aromatic rings. The minimum Gasteiger partial charge on any atom is -0.506 e. The Kier molecular flexibility index (Phi) is 4.31. The van der Waals surface area contributed by atoms with Crippen LogP contribution in [0.5, 0.6) is 5.75 Å². The van der Waals surface area contributed by atoms with Gasteiger partial charge in [0.15, 0.2) is 0 Å². The van der Waals surface area contributed by atoms with E-state index in [0.29, 0.717) is 25.4 Å². The molecular weight excluding hydrogens is 252 g/mol. The molecule has 0 spiro atoms. The summed E-state index contributed by atoms with van der Waals surface area (Å²) in [7, 11) is 0. The van der Waals surface area contributed by atoms with Gasteiger partial charge in [0, 0.05) is 38.5 Å². The summed E-state index contributed by atoms with van der Waals surface area (Å²) in [6, 6.07) is 7.28. The zero-order valence-electron chi connectivity index (χ0n) is 10.2. The zero-order chi connectivity index (χ0) is 13.0. The Hall–Kier alpha value is -1.42. The van der Waals surface area contributed by atoms with Gasteiger partial charge in [-0.3, -0.25) is 4.79 Å². The van der Waals surface area contributed by atoms with E-state index in [2.05, 4.69) is 4.90 Å². The van der Waals surface area contributed by atoms with E-state index in [1.807, 2.05) is 17.0 Å². The molecule has 1 saturated heterocycles. The number of phenolic OH excluding ortho intramolecular Hbond substituents is 1. The summed E-state index contributed by atoms with van der Waals surface area (Å²) in [6.45, 7) is 2.85. The van der Waals surface area contributed by atoms with Crippen molar-refractivity contribution in [3.8, 4) is 5.75 Å². The molecule has 5 heteroatoms. The van der Waals surface area contributed by atoms with Crippen molar-refractivity contribution in [2.45, 2.75) is 6.42 Å². The van der Waals surface area contributed by atoms with Crippen molar-refractivity contribution < 1.29 is 9.90 Å². The lowest BCUT2D eigenvalue weighted by Gasteiger charge is -2.36. The molecule has 98 valence electrons. The normalized spacial score (nSPS) is 15.8. The third-order valence-corrected chi connectivity index (χ3v) is 3.35. The lowest BCUT2D eigenvalue weighted by Crippen LogP contribution is -2.48. The van der Waals surface area contributed by atoms with Crippen LogP contribution in [0.1, 0.15) is 6.42 Å². The smallest absolute Gasteiger partial charge is 0.223 e. The lowest BCUT2D eigenvalue weighted by atomic mass is 10.2. The zero-order valence-corrected chi connectivity index (χ0v) is 10.9. The van der Waals surface area contributed by atoms with Crippen LogP contribution in [-0.2, 0) is 4.79 Å². The molecule has 2 rings (SSSR count). The van der Waals surface area contributed by atoms with Gasteiger partial charge in [0.05, 0.1) is 5.69 Å². The van der Waals surface area contributed by atoms with Crippen LogP contribution in [0.2, 0.25) is 0 Å². The van der Waals surface area contributed by atoms with Gasteiger partial charge in [0.1, 0.15) is 5.75 Å². The predicted octanol–water partition coefficient (Wildman–Crippen LogP) is 1.67. The summed E-state index contributed by atoms with van der Waals surface area (Å²) in [5.41, 5.74) is 0.835. The third kappa shape index (κ3) is 2.88. The van der Waals surface area contributed by atoms with E-state index in [4.69, 9.17) is 11.6 Å². The highest BCUT2D eigenvalue weighted by atomic mass is 35.5. The summed E-state index contributed by atoms with van der Waals surface area (Å²) in [5, 5.41) is 9.78. The van der Waals surface area contributed by atoms with Crippen LogP contribution in [0, 0.1) is 0 Å². The van der Waals surface area contributed by atoms with E-state index in [9.17, 15) is 9.90 Å². The Morgan fingerprint density at radius 2 is 1.89 bits per heavy atom. The molecule has 0 radical (unpaired) electrons. The van der Waals surface area contributed by atoms with Crippen LogP contribution in [0.15, 0.2) is 24.3 Å². The quantitative estimate of drug-likeness (QED) is 0.848. The fourth-order valence-corrected chi connectivity index (χ4v) is 2.33. The van der Waals surface area contributed by atoms with Gasteiger partial charge >= 0.3 is 0 Å². The molecular formula is C13H17ClN2O2. The molecule has 0 unspecified atom stereocenters. The fraction of sp³-hybridized carbons (Fsp3) is 0.462. The van der Waals surface area contributed by atoms with Gasteiger partial charge < -0.3 is 14.9 Å². The van der Waals surface area contributed by atoms with Crippen molar-refractivity contribution in [1.82, 2.24) is 4.90 Å². The molecule has 1 fully saturated rings. The second-order valence-corrected chi connectivity index (χ2v) is 4.67. The molecule has 1 aliphatic heterocycles. The van der Waals surface area contributed by atoms with Crippen LogP contribution in [0.4, 0.5) is 5.69 Å². The number of hydrogen-bond acceptors (Lipinski definition) is 3. The second kappa shape index (κ2) is 5.96. The summed E-state index contributed by atoms with van der Waals surface area (Å²) in [6.07, 6.45) is 0.401. The number of piperazine rings is 1. The standard InChI is InChI=1S/C13H17ClN2O2/c14-6-5-13(18)16-9-7-15(8-10-16)11-3-1-2-4-12(11)17/h1-4,17H,5-10H2. The number of halogens is 1. The first-order valence-electron chi connectivity index (χ1n) is 6.09. The van der Waals surface area contributed by atoms with E-state index < -0.39 is 0 Å². The van der Waals surface area contributed by atoms with Crippen LogP contribution >= 0.6 is 11.6 Å². The predicted molar refractivity (Wildman–Crippen MR) is 72.2 cm³/mol. The average molecular weight is 269 g/mol. The maximum Gasteiger partial charge on any atom is 0.223 e. The van der Waals surface area contributed by atoms with E-state index >= 15 is 0 Å². The number of phenols is 1. The number of para-hydroxylation sites is 2. The highest BCUT2D eigenvalue weighted by molar-refractivity contribution is 6.18. The number of alkyl halides is 1. The minimum absolute atomic E-state index is 0.113. The molecule has 1 amide bonds. The first kappa shape index (κ1) is 13.0. The highest BCUT2D eigenvalue weighted by Crippen LogP contribution is 2.27. The Bertz CT molecular complexity index is 417. The van der Waals surface area contributed by atoms with Crippen LogP contribution < -0.4 is 4.90 Å². The van der Waals surface area contributed by atoms with Gasteiger partial charge in [-0.2, -0.15) is 0 Å². The molecule has 1 N–H and O–H groups in total. The number of aromatic hydroxyl groups is 1. The largest absolute Gasteiger partial charge is 0.506 e. The molecule has 18 heavy (non-hydrogen) atoms. The van der Waals surface area contributed by atoms with Crippen molar-refractivity contribution in [1.29, 1.82) is 0 Å². The van der Waals surface area contributed by atoms with Gasteiger partial charge in [0.2, 0.25) is 5.91 Å². The monoisotopic (exact) mass is 268 g/mol. The number of hydrogen-bond donors (Lipinski definition) is 1. The topological polar surface area (TPSA) is 43.8 Å². The van der Waals surface area contributed by atoms with E-state index in [-0.39, 0.29) is 11.7 Å². The third-order valence-electron chi connectivity index (χ3n) is 3.16. The van der Waals surface area contributed by atoms with Gasteiger partial charge in [-0.25, -0.2) is 0 Å². The fourth-order valence-electron chi connectivity index (χ4n) is 2.17. The van der Waals surface area contributed by atoms with Crippen molar-refractivity contribution >= 4 is 23.2 Å². The van der Waals surface area contributed by atoms with Crippen molar-refractivity contribution in [2.75, 3.05) is 37.0 Å². The number of carbonyl (C=O) groups is 1. The van der Waals surface area contributed by atoms with Crippen molar-refractivity contribution in [3.05, 3.63) is 24.3 Å². The van der Waals surface area contributed by atoms with Crippen LogP contribution in [0.25, 0.3) is 0 Å². The lowest BCUT2D eigenvalue weighted by molar-refractivity contribution is -0.131. The Balaban J connectivity index is 1.95. The van der Waals surface area contributed by atoms with E-state index in [0.717, 1.165) is 18.8 Å². The molecule has 1 aromatic carbocycles. The number of amides is 1. The molecule has 0 aliphatic carbocycles. The summed E-state index contributed by atoms with van der Waals surface area (Å²) in [4.78, 5) is 15.6. The van der Waals surface area contributed by atoms with Gasteiger partial charge in [-0.1, -0.05) is 12.1 Å². The van der Waals surface area contributed by atoms with Gasteiger partial charge in [-0.15, -0.1) is 11.6 Å². The molecule has 0 saturated carbocycles. The van der Waals surface area contributed by atoms with Crippen molar-refractivity contribution in [3.63, 3.8) is 0 Å². The minimum atomic E-state index is 0.113. The van der Waals surface area contributed by atoms with E-state index in [1.54, 1.807) is 12.1 Å². The number of rotatable bonds is 3. The Labute approximate surface area is 112 Å². The maximum atomic E-state index is 11.7. The molecule has 4 nitrogen and oxygen atoms in total. The maximum absolute atomic E-state index is 11.7. The first-order valence-corrected chi connectivity index (χ1v) is 6.62. The molecule has 0 aromatic heterocycles. The number of nitrogens with zero attached hydrogens (tertiary/aromatic N) is 2. The Morgan fingerprint density at radius 3 is 2.50 bits per heavy atom. The summed E-state index contributed by atoms with van der Waals surface area (Å²) in [5.74, 6) is 0.776. The molecule has 0 atom stereocenters. The number of benzene rings is 1. The Morgan fingerprint density at radius 1 is 1.22 bits per heavy atom. The SMILES string of the molecule is O=C(CCCl)N1CCN(c2ccccc2O)CC1. The van der Waals surface area contributed by atoms with Crippen molar-refractivity contribution in [2.24, 2.45) is 0 Å². The summed E-state index contributed by atoms with van der Waals surface area (Å²) < 4.78 is 0. The number of carbonyl (C=O) groups excluding carboxylic acids is 1. The average Bonchev–Trinajstić information content (AvgIpc) is 2.40. The first-order chi connectivity index (χ1) is 8.72. The number of anilines is 1.